The Balaban J connectivity index is 1.97. The minimum absolute atomic E-state index is 0.111. The summed E-state index contributed by atoms with van der Waals surface area (Å²) in [5.74, 6) is -0.331. The van der Waals surface area contributed by atoms with Crippen molar-refractivity contribution >= 4 is 5.97 Å². The van der Waals surface area contributed by atoms with Gasteiger partial charge in [0.25, 0.3) is 0 Å². The molecule has 0 radical (unpaired) electrons. The fourth-order valence-electron chi connectivity index (χ4n) is 2.24. The molecule has 2 aliphatic heterocycles. The van der Waals surface area contributed by atoms with Crippen LogP contribution in [0.2, 0.25) is 0 Å². The summed E-state index contributed by atoms with van der Waals surface area (Å²) in [6, 6.07) is -0.840. The highest BCUT2D eigenvalue weighted by molar-refractivity contribution is 5.76. The fourth-order valence-corrected chi connectivity index (χ4v) is 2.24. The zero-order chi connectivity index (χ0) is 11.7. The Morgan fingerprint density at radius 3 is 3.00 bits per heavy atom. The Morgan fingerprint density at radius 2 is 2.31 bits per heavy atom. The van der Waals surface area contributed by atoms with Crippen LogP contribution in [0.3, 0.4) is 0 Å². The Bertz CT molecular complexity index is 272. The van der Waals surface area contributed by atoms with E-state index in [9.17, 15) is 15.0 Å². The summed E-state index contributed by atoms with van der Waals surface area (Å²) in [6.45, 7) is 2.19. The van der Waals surface area contributed by atoms with Crippen molar-refractivity contribution in [2.75, 3.05) is 13.2 Å². The summed E-state index contributed by atoms with van der Waals surface area (Å²) in [4.78, 5) is 11.5. The van der Waals surface area contributed by atoms with Crippen LogP contribution in [0.1, 0.15) is 13.3 Å². The van der Waals surface area contributed by atoms with Crippen LogP contribution in [0.25, 0.3) is 0 Å². The largest absolute Gasteiger partial charge is 0.465 e. The first kappa shape index (κ1) is 11.8. The minimum Gasteiger partial charge on any atom is -0.465 e. The van der Waals surface area contributed by atoms with Crippen LogP contribution < -0.4 is 5.32 Å². The Kier molecular flexibility index (Phi) is 3.44. The zero-order valence-electron chi connectivity index (χ0n) is 9.13. The van der Waals surface area contributed by atoms with E-state index in [1.807, 2.05) is 0 Å². The summed E-state index contributed by atoms with van der Waals surface area (Å²) in [7, 11) is 0. The third-order valence-electron chi connectivity index (χ3n) is 3.08. The van der Waals surface area contributed by atoms with Gasteiger partial charge in [-0.1, -0.05) is 0 Å². The number of aliphatic hydroxyl groups excluding tert-OH is 2. The fraction of sp³-hybridized carbons (Fsp3) is 0.900. The van der Waals surface area contributed by atoms with E-state index in [0.717, 1.165) is 0 Å². The smallest absolute Gasteiger partial charge is 0.323 e. The van der Waals surface area contributed by atoms with Crippen molar-refractivity contribution in [3.63, 3.8) is 0 Å². The highest BCUT2D eigenvalue weighted by Crippen LogP contribution is 2.25. The first-order chi connectivity index (χ1) is 7.63. The maximum absolute atomic E-state index is 11.5. The van der Waals surface area contributed by atoms with Gasteiger partial charge in [0.2, 0.25) is 0 Å². The van der Waals surface area contributed by atoms with Crippen LogP contribution in [0.5, 0.6) is 0 Å². The third-order valence-corrected chi connectivity index (χ3v) is 3.08. The van der Waals surface area contributed by atoms with Crippen molar-refractivity contribution in [3.8, 4) is 0 Å². The van der Waals surface area contributed by atoms with Gasteiger partial charge >= 0.3 is 5.97 Å². The molecular weight excluding hydrogens is 214 g/mol. The van der Waals surface area contributed by atoms with E-state index in [0.29, 0.717) is 13.0 Å². The van der Waals surface area contributed by atoms with Crippen molar-refractivity contribution in [3.05, 3.63) is 0 Å². The van der Waals surface area contributed by atoms with Gasteiger partial charge in [0, 0.05) is 6.42 Å². The molecule has 0 spiro atoms. The molecule has 0 aromatic heterocycles. The number of fused-ring (bicyclic) bond motifs is 1. The summed E-state index contributed by atoms with van der Waals surface area (Å²) in [5.41, 5.74) is 0. The number of aliphatic hydroxyl groups is 2. The topological polar surface area (TPSA) is 88.0 Å². The standard InChI is InChI=1S/C10H17NO5/c1-2-15-10(14)5-3-7-8(11-5)9(13)6(12)4-16-7/h5-9,11-13H,2-4H2,1H3/t5-,6+,7+,8-,9+/m0/s1. The molecule has 2 aliphatic rings. The Labute approximate surface area is 93.5 Å². The van der Waals surface area contributed by atoms with Crippen molar-refractivity contribution in [1.82, 2.24) is 5.32 Å². The molecule has 5 atom stereocenters. The molecule has 0 amide bonds. The molecule has 92 valence electrons. The maximum Gasteiger partial charge on any atom is 0.323 e. The molecular formula is C10H17NO5. The van der Waals surface area contributed by atoms with E-state index in [4.69, 9.17) is 9.47 Å². The predicted octanol–water partition coefficient (Wildman–Crippen LogP) is -1.60. The molecule has 0 aromatic rings. The Morgan fingerprint density at radius 1 is 1.56 bits per heavy atom. The lowest BCUT2D eigenvalue weighted by Crippen LogP contribution is -2.55. The van der Waals surface area contributed by atoms with Gasteiger partial charge in [0.1, 0.15) is 12.1 Å². The SMILES string of the molecule is CCOC(=O)[C@@H]1C[C@H]2OC[C@@H](O)[C@@H](O)[C@H]2N1. The van der Waals surface area contributed by atoms with Crippen molar-refractivity contribution in [2.45, 2.75) is 43.7 Å². The summed E-state index contributed by atoms with van der Waals surface area (Å²) in [5, 5.41) is 22.1. The molecule has 0 bridgehead atoms. The van der Waals surface area contributed by atoms with Crippen molar-refractivity contribution in [2.24, 2.45) is 0 Å². The second-order valence-corrected chi connectivity index (χ2v) is 4.16. The number of hydrogen-bond donors (Lipinski definition) is 3. The number of carbonyl (C=O) groups is 1. The van der Waals surface area contributed by atoms with Crippen molar-refractivity contribution < 1.29 is 24.5 Å². The molecule has 3 N–H and O–H groups in total. The first-order valence-corrected chi connectivity index (χ1v) is 5.54. The average Bonchev–Trinajstić information content (AvgIpc) is 2.69. The first-order valence-electron chi connectivity index (χ1n) is 5.54. The monoisotopic (exact) mass is 231 g/mol. The molecule has 2 fully saturated rings. The predicted molar refractivity (Wildman–Crippen MR) is 53.7 cm³/mol. The third kappa shape index (κ3) is 2.06. The number of hydrogen-bond acceptors (Lipinski definition) is 6. The van der Waals surface area contributed by atoms with Crippen LogP contribution in [0.4, 0.5) is 0 Å². The average molecular weight is 231 g/mol. The summed E-state index contributed by atoms with van der Waals surface area (Å²) in [6.07, 6.45) is -1.53. The van der Waals surface area contributed by atoms with E-state index < -0.39 is 24.3 Å². The number of carbonyl (C=O) groups excluding carboxylic acids is 1. The summed E-state index contributed by atoms with van der Waals surface area (Å²) >= 11 is 0. The molecule has 0 saturated carbocycles. The second kappa shape index (κ2) is 4.67. The summed E-state index contributed by atoms with van der Waals surface area (Å²) < 4.78 is 10.3. The van der Waals surface area contributed by atoms with Crippen LogP contribution in [-0.4, -0.2) is 59.8 Å². The van der Waals surface area contributed by atoms with E-state index in [2.05, 4.69) is 5.32 Å². The quantitative estimate of drug-likeness (QED) is 0.496. The number of nitrogens with one attached hydrogen (secondary N) is 1. The highest BCUT2D eigenvalue weighted by Gasteiger charge is 2.47. The molecule has 0 aromatic carbocycles. The van der Waals surface area contributed by atoms with Gasteiger partial charge in [0.15, 0.2) is 0 Å². The molecule has 0 aliphatic carbocycles. The zero-order valence-corrected chi connectivity index (χ0v) is 9.13. The number of rotatable bonds is 2. The van der Waals surface area contributed by atoms with Gasteiger partial charge in [-0.25, -0.2) is 0 Å². The molecule has 2 saturated heterocycles. The molecule has 6 nitrogen and oxygen atoms in total. The van der Waals surface area contributed by atoms with E-state index in [1.165, 1.54) is 0 Å². The lowest BCUT2D eigenvalue weighted by Gasteiger charge is -2.33. The van der Waals surface area contributed by atoms with E-state index >= 15 is 0 Å². The molecule has 16 heavy (non-hydrogen) atoms. The Hall–Kier alpha value is -0.690. The molecule has 2 heterocycles. The normalized spacial score (nSPS) is 42.8. The van der Waals surface area contributed by atoms with Gasteiger partial charge in [-0.3, -0.25) is 10.1 Å². The van der Waals surface area contributed by atoms with Gasteiger partial charge < -0.3 is 19.7 Å². The maximum atomic E-state index is 11.5. The molecule has 2 rings (SSSR count). The number of esters is 1. The van der Waals surface area contributed by atoms with Gasteiger partial charge in [0.05, 0.1) is 31.5 Å². The molecule has 0 unspecified atom stereocenters. The number of ether oxygens (including phenoxy) is 2. The van der Waals surface area contributed by atoms with Gasteiger partial charge in [-0.05, 0) is 6.92 Å². The van der Waals surface area contributed by atoms with Crippen LogP contribution in [-0.2, 0) is 14.3 Å². The van der Waals surface area contributed by atoms with E-state index in [1.54, 1.807) is 6.92 Å². The van der Waals surface area contributed by atoms with E-state index in [-0.39, 0.29) is 18.7 Å². The van der Waals surface area contributed by atoms with Crippen LogP contribution in [0.15, 0.2) is 0 Å². The van der Waals surface area contributed by atoms with Crippen LogP contribution >= 0.6 is 0 Å². The van der Waals surface area contributed by atoms with Gasteiger partial charge in [-0.2, -0.15) is 0 Å². The van der Waals surface area contributed by atoms with Crippen molar-refractivity contribution in [1.29, 1.82) is 0 Å². The molecule has 6 heteroatoms. The highest BCUT2D eigenvalue weighted by atomic mass is 16.5. The van der Waals surface area contributed by atoms with Crippen LogP contribution in [0, 0.1) is 0 Å². The lowest BCUT2D eigenvalue weighted by atomic mass is 9.98. The van der Waals surface area contributed by atoms with Gasteiger partial charge in [-0.15, -0.1) is 0 Å². The second-order valence-electron chi connectivity index (χ2n) is 4.16. The lowest BCUT2D eigenvalue weighted by molar-refractivity contribution is -0.145. The minimum atomic E-state index is -0.894.